The molecule has 1 fully saturated rings. The van der Waals surface area contributed by atoms with Gasteiger partial charge in [0.25, 0.3) is 0 Å². The summed E-state index contributed by atoms with van der Waals surface area (Å²) >= 11 is 3.46. The Morgan fingerprint density at radius 2 is 2.17 bits per heavy atom. The van der Waals surface area contributed by atoms with Crippen LogP contribution in [0.1, 0.15) is 44.6 Å². The first-order valence-electron chi connectivity index (χ1n) is 8.25. The minimum absolute atomic E-state index is 0.0311. The maximum absolute atomic E-state index is 12.2. The lowest BCUT2D eigenvalue weighted by molar-refractivity contribution is 0.0691. The summed E-state index contributed by atoms with van der Waals surface area (Å²) in [5, 5.41) is 15.4. The van der Waals surface area contributed by atoms with E-state index in [-0.39, 0.29) is 22.8 Å². The molecule has 2 N–H and O–H groups in total. The first-order valence-corrected chi connectivity index (χ1v) is 10.1. The van der Waals surface area contributed by atoms with Crippen molar-refractivity contribution in [1.82, 2.24) is 10.2 Å². The fraction of sp³-hybridized carbons (Fsp3) is 0.706. The summed E-state index contributed by atoms with van der Waals surface area (Å²) < 4.78 is 0.237. The Kier molecular flexibility index (Phi) is 6.80. The van der Waals surface area contributed by atoms with Crippen molar-refractivity contribution in [3.63, 3.8) is 0 Å². The van der Waals surface area contributed by atoms with Gasteiger partial charge in [-0.25, -0.2) is 4.79 Å². The van der Waals surface area contributed by atoms with Crippen LogP contribution in [0.15, 0.2) is 17.5 Å². The quantitative estimate of drug-likeness (QED) is 0.790. The number of thioether (sulfide) groups is 1. The lowest BCUT2D eigenvalue weighted by Crippen LogP contribution is -2.45. The second-order valence-corrected chi connectivity index (χ2v) is 9.88. The van der Waals surface area contributed by atoms with Crippen molar-refractivity contribution in [3.8, 4) is 0 Å². The Labute approximate surface area is 147 Å². The van der Waals surface area contributed by atoms with E-state index < -0.39 is 0 Å². The molecule has 0 spiro atoms. The van der Waals surface area contributed by atoms with Crippen LogP contribution in [0.3, 0.4) is 0 Å². The Bertz CT molecular complexity index is 477. The van der Waals surface area contributed by atoms with Gasteiger partial charge in [-0.1, -0.05) is 26.8 Å². The van der Waals surface area contributed by atoms with Crippen LogP contribution in [-0.2, 0) is 0 Å². The molecule has 0 bridgehead atoms. The number of carbonyl (C=O) groups is 1. The van der Waals surface area contributed by atoms with Crippen molar-refractivity contribution in [2.45, 2.75) is 44.5 Å². The molecule has 1 aliphatic heterocycles. The average molecular weight is 357 g/mol. The third kappa shape index (κ3) is 6.01. The SMILES string of the molecule is CC(C)(C)SCCNC(=O)N1CCC([C@@H](O)c2cccs2)CC1. The lowest BCUT2D eigenvalue weighted by Gasteiger charge is -2.34. The molecule has 2 heterocycles. The fourth-order valence-electron chi connectivity index (χ4n) is 2.74. The van der Waals surface area contributed by atoms with E-state index in [1.54, 1.807) is 11.3 Å². The molecule has 2 amide bonds. The molecule has 6 heteroatoms. The van der Waals surface area contributed by atoms with Crippen LogP contribution in [0.2, 0.25) is 0 Å². The van der Waals surface area contributed by atoms with E-state index in [1.807, 2.05) is 34.2 Å². The molecule has 0 saturated carbocycles. The van der Waals surface area contributed by atoms with Gasteiger partial charge in [0.1, 0.15) is 0 Å². The summed E-state index contributed by atoms with van der Waals surface area (Å²) in [4.78, 5) is 15.1. The van der Waals surface area contributed by atoms with Crippen LogP contribution in [0.25, 0.3) is 0 Å². The summed E-state index contributed by atoms with van der Waals surface area (Å²) in [6.07, 6.45) is 1.34. The summed E-state index contributed by atoms with van der Waals surface area (Å²) in [5.41, 5.74) is 0. The molecule has 0 radical (unpaired) electrons. The van der Waals surface area contributed by atoms with Crippen molar-refractivity contribution < 1.29 is 9.90 Å². The fourth-order valence-corrected chi connectivity index (χ4v) is 4.36. The predicted octanol–water partition coefficient (Wildman–Crippen LogP) is 3.73. The zero-order chi connectivity index (χ0) is 16.9. The van der Waals surface area contributed by atoms with E-state index in [1.165, 1.54) is 0 Å². The molecule has 4 nitrogen and oxygen atoms in total. The number of thiophene rings is 1. The van der Waals surface area contributed by atoms with Crippen LogP contribution in [-0.4, -0.2) is 46.2 Å². The van der Waals surface area contributed by atoms with Gasteiger partial charge in [-0.2, -0.15) is 11.8 Å². The Morgan fingerprint density at radius 3 is 2.74 bits per heavy atom. The predicted molar refractivity (Wildman–Crippen MR) is 99.2 cm³/mol. The lowest BCUT2D eigenvalue weighted by atomic mass is 9.90. The van der Waals surface area contributed by atoms with E-state index >= 15 is 0 Å². The molecule has 0 aromatic carbocycles. The van der Waals surface area contributed by atoms with Crippen molar-refractivity contribution >= 4 is 29.1 Å². The monoisotopic (exact) mass is 356 g/mol. The van der Waals surface area contributed by atoms with Gasteiger partial charge in [-0.05, 0) is 30.2 Å². The van der Waals surface area contributed by atoms with Crippen molar-refractivity contribution in [1.29, 1.82) is 0 Å². The maximum Gasteiger partial charge on any atom is 0.317 e. The van der Waals surface area contributed by atoms with Crippen LogP contribution >= 0.6 is 23.1 Å². The van der Waals surface area contributed by atoms with Gasteiger partial charge in [0.2, 0.25) is 0 Å². The molecule has 1 aromatic rings. The number of aliphatic hydroxyl groups is 1. The first kappa shape index (κ1) is 18.6. The summed E-state index contributed by atoms with van der Waals surface area (Å²) in [6.45, 7) is 8.71. The number of hydrogen-bond acceptors (Lipinski definition) is 4. The number of amides is 2. The second-order valence-electron chi connectivity index (χ2n) is 6.98. The Balaban J connectivity index is 1.68. The number of likely N-dealkylation sites (tertiary alicyclic amines) is 1. The van der Waals surface area contributed by atoms with Crippen LogP contribution in [0.5, 0.6) is 0 Å². The molecule has 1 atom stereocenters. The van der Waals surface area contributed by atoms with Gasteiger partial charge in [0.05, 0.1) is 6.10 Å². The number of aliphatic hydroxyl groups excluding tert-OH is 1. The molecule has 1 saturated heterocycles. The first-order chi connectivity index (χ1) is 10.9. The van der Waals surface area contributed by atoms with Crippen molar-refractivity contribution in [2.24, 2.45) is 5.92 Å². The summed E-state index contributed by atoms with van der Waals surface area (Å²) in [7, 11) is 0. The molecule has 1 aromatic heterocycles. The van der Waals surface area contributed by atoms with E-state index in [4.69, 9.17) is 0 Å². The highest BCUT2D eigenvalue weighted by molar-refractivity contribution is 8.00. The molecule has 1 aliphatic rings. The minimum Gasteiger partial charge on any atom is -0.387 e. The van der Waals surface area contributed by atoms with Gasteiger partial charge in [-0.15, -0.1) is 11.3 Å². The number of nitrogens with zero attached hydrogens (tertiary/aromatic N) is 1. The number of nitrogens with one attached hydrogen (secondary N) is 1. The summed E-state index contributed by atoms with van der Waals surface area (Å²) in [5.74, 6) is 1.19. The highest BCUT2D eigenvalue weighted by Crippen LogP contribution is 2.32. The minimum atomic E-state index is -0.386. The number of rotatable bonds is 5. The van der Waals surface area contributed by atoms with Crippen LogP contribution in [0.4, 0.5) is 4.79 Å². The topological polar surface area (TPSA) is 52.6 Å². The third-order valence-electron chi connectivity index (χ3n) is 4.02. The Morgan fingerprint density at radius 1 is 1.48 bits per heavy atom. The highest BCUT2D eigenvalue weighted by atomic mass is 32.2. The van der Waals surface area contributed by atoms with Crippen molar-refractivity contribution in [2.75, 3.05) is 25.4 Å². The molecule has 130 valence electrons. The molecular weight excluding hydrogens is 328 g/mol. The molecule has 0 aliphatic carbocycles. The van der Waals surface area contributed by atoms with Crippen LogP contribution < -0.4 is 5.32 Å². The van der Waals surface area contributed by atoms with Crippen molar-refractivity contribution in [3.05, 3.63) is 22.4 Å². The van der Waals surface area contributed by atoms with Gasteiger partial charge in [0.15, 0.2) is 0 Å². The molecule has 2 rings (SSSR count). The number of piperidine rings is 1. The van der Waals surface area contributed by atoms with Gasteiger partial charge in [-0.3, -0.25) is 0 Å². The molecule has 23 heavy (non-hydrogen) atoms. The highest BCUT2D eigenvalue weighted by Gasteiger charge is 2.28. The molecule has 0 unspecified atom stereocenters. The van der Waals surface area contributed by atoms with E-state index in [2.05, 4.69) is 26.1 Å². The second kappa shape index (κ2) is 8.40. The number of carbonyl (C=O) groups excluding carboxylic acids is 1. The Hall–Kier alpha value is -0.720. The van der Waals surface area contributed by atoms with E-state index in [0.717, 1.165) is 36.6 Å². The standard InChI is InChI=1S/C17H28N2O2S2/c1-17(2,3)23-12-8-18-16(21)19-9-6-13(7-10-19)15(20)14-5-4-11-22-14/h4-5,11,13,15,20H,6-10,12H2,1-3H3,(H,18,21)/t15-/m1/s1. The van der Waals surface area contributed by atoms with Gasteiger partial charge >= 0.3 is 6.03 Å². The zero-order valence-corrected chi connectivity index (χ0v) is 15.9. The van der Waals surface area contributed by atoms with E-state index in [0.29, 0.717) is 6.54 Å². The molecular formula is C17H28N2O2S2. The zero-order valence-electron chi connectivity index (χ0n) is 14.2. The number of hydrogen-bond donors (Lipinski definition) is 2. The normalized spacial score (nSPS) is 18.0. The summed E-state index contributed by atoms with van der Waals surface area (Å²) in [6, 6.07) is 3.99. The van der Waals surface area contributed by atoms with Gasteiger partial charge < -0.3 is 15.3 Å². The van der Waals surface area contributed by atoms with Crippen LogP contribution in [0, 0.1) is 5.92 Å². The van der Waals surface area contributed by atoms with Gasteiger partial charge in [0, 0.05) is 35.0 Å². The van der Waals surface area contributed by atoms with E-state index in [9.17, 15) is 9.90 Å². The largest absolute Gasteiger partial charge is 0.387 e. The number of urea groups is 1. The average Bonchev–Trinajstić information content (AvgIpc) is 3.04. The smallest absolute Gasteiger partial charge is 0.317 e. The third-order valence-corrected chi connectivity index (χ3v) is 6.24. The maximum atomic E-state index is 12.2.